The minimum atomic E-state index is -0.660. The summed E-state index contributed by atoms with van der Waals surface area (Å²) in [6, 6.07) is 36.8. The average Bonchev–Trinajstić information content (AvgIpc) is 3.07. The second-order valence-corrected chi connectivity index (χ2v) is 12.4. The SMILES string of the molecule is O=C(Nc1cccc(SC(C(=O)Nc2cc(Cl)ccc2Cl)c2ccccc2)c1)/C(=C\c1ccc(Cl)cc1)NC(=O)c1ccccc1. The second-order valence-electron chi connectivity index (χ2n) is 9.93. The van der Waals surface area contributed by atoms with Crippen molar-refractivity contribution in [3.8, 4) is 0 Å². The van der Waals surface area contributed by atoms with Crippen LogP contribution in [-0.2, 0) is 9.59 Å². The maximum Gasteiger partial charge on any atom is 0.272 e. The smallest absolute Gasteiger partial charge is 0.272 e. The van der Waals surface area contributed by atoms with Crippen LogP contribution in [0.2, 0.25) is 15.1 Å². The van der Waals surface area contributed by atoms with Gasteiger partial charge in [-0.3, -0.25) is 14.4 Å². The highest BCUT2D eigenvalue weighted by atomic mass is 35.5. The van der Waals surface area contributed by atoms with Crippen LogP contribution in [-0.4, -0.2) is 17.7 Å². The van der Waals surface area contributed by atoms with Gasteiger partial charge in [0.25, 0.3) is 11.8 Å². The molecule has 0 spiro atoms. The molecule has 0 heterocycles. The lowest BCUT2D eigenvalue weighted by Crippen LogP contribution is -2.30. The molecule has 0 saturated heterocycles. The number of thioether (sulfide) groups is 1. The van der Waals surface area contributed by atoms with Gasteiger partial charge in [-0.15, -0.1) is 11.8 Å². The van der Waals surface area contributed by atoms with Gasteiger partial charge in [0.2, 0.25) is 5.91 Å². The standard InChI is InChI=1S/C36H26Cl3N3O3S/c37-26-16-14-23(15-17-26)20-32(42-34(43)25-10-5-2-6-11-25)35(44)40-28-12-7-13-29(22-28)46-33(24-8-3-1-4-9-24)36(45)41-31-21-27(38)18-19-30(31)39/h1-22,33H,(H,40,44)(H,41,45)(H,42,43)/b32-20+. The predicted molar refractivity (Wildman–Crippen MR) is 189 cm³/mol. The molecule has 230 valence electrons. The van der Waals surface area contributed by atoms with Crippen molar-refractivity contribution in [1.82, 2.24) is 5.32 Å². The van der Waals surface area contributed by atoms with Crippen molar-refractivity contribution < 1.29 is 14.4 Å². The molecule has 46 heavy (non-hydrogen) atoms. The topological polar surface area (TPSA) is 87.3 Å². The van der Waals surface area contributed by atoms with Crippen molar-refractivity contribution in [2.45, 2.75) is 10.1 Å². The summed E-state index contributed by atoms with van der Waals surface area (Å²) in [4.78, 5) is 40.9. The Morgan fingerprint density at radius 3 is 2.07 bits per heavy atom. The maximum atomic E-state index is 13.6. The Hall–Kier alpha value is -4.53. The number of hydrogen-bond donors (Lipinski definition) is 3. The van der Waals surface area contributed by atoms with Gasteiger partial charge in [0.15, 0.2) is 0 Å². The summed E-state index contributed by atoms with van der Waals surface area (Å²) in [5, 5.41) is 9.18. The minimum Gasteiger partial charge on any atom is -0.323 e. The van der Waals surface area contributed by atoms with E-state index in [2.05, 4.69) is 16.0 Å². The maximum absolute atomic E-state index is 13.6. The van der Waals surface area contributed by atoms with E-state index in [4.69, 9.17) is 34.8 Å². The zero-order chi connectivity index (χ0) is 32.5. The third-order valence-corrected chi connectivity index (χ3v) is 8.65. The summed E-state index contributed by atoms with van der Waals surface area (Å²) in [6.45, 7) is 0. The van der Waals surface area contributed by atoms with Gasteiger partial charge in [0.05, 0.1) is 10.7 Å². The first-order valence-electron chi connectivity index (χ1n) is 14.0. The van der Waals surface area contributed by atoms with Gasteiger partial charge in [0.1, 0.15) is 10.9 Å². The molecule has 5 rings (SSSR count). The highest BCUT2D eigenvalue weighted by Gasteiger charge is 2.23. The molecule has 5 aromatic rings. The minimum absolute atomic E-state index is 0.0363. The first kappa shape index (κ1) is 32.9. The Bertz CT molecular complexity index is 1890. The molecule has 10 heteroatoms. The molecule has 0 aromatic heterocycles. The van der Waals surface area contributed by atoms with Crippen LogP contribution in [0.5, 0.6) is 0 Å². The number of rotatable bonds is 10. The molecule has 1 unspecified atom stereocenters. The number of anilines is 2. The van der Waals surface area contributed by atoms with E-state index >= 15 is 0 Å². The zero-order valence-corrected chi connectivity index (χ0v) is 27.1. The zero-order valence-electron chi connectivity index (χ0n) is 24.0. The summed E-state index contributed by atoms with van der Waals surface area (Å²) >= 11 is 19.8. The van der Waals surface area contributed by atoms with Crippen molar-refractivity contribution in [2.75, 3.05) is 10.6 Å². The quantitative estimate of drug-likeness (QED) is 0.101. The van der Waals surface area contributed by atoms with Gasteiger partial charge < -0.3 is 16.0 Å². The molecular weight excluding hydrogens is 661 g/mol. The van der Waals surface area contributed by atoms with Gasteiger partial charge in [0, 0.05) is 26.2 Å². The van der Waals surface area contributed by atoms with Gasteiger partial charge >= 0.3 is 0 Å². The first-order chi connectivity index (χ1) is 22.2. The van der Waals surface area contributed by atoms with E-state index in [1.54, 1.807) is 97.1 Å². The number of halogens is 3. The highest BCUT2D eigenvalue weighted by Crippen LogP contribution is 2.38. The van der Waals surface area contributed by atoms with Crippen molar-refractivity contribution >= 4 is 81.7 Å². The van der Waals surface area contributed by atoms with Crippen molar-refractivity contribution in [3.05, 3.63) is 165 Å². The van der Waals surface area contributed by atoms with Crippen LogP contribution in [0.15, 0.2) is 138 Å². The Morgan fingerprint density at radius 2 is 1.35 bits per heavy atom. The lowest BCUT2D eigenvalue weighted by molar-refractivity contribution is -0.116. The van der Waals surface area contributed by atoms with Gasteiger partial charge in [-0.1, -0.05) is 102 Å². The molecule has 5 aromatic carbocycles. The molecule has 0 saturated carbocycles. The number of hydrogen-bond acceptors (Lipinski definition) is 4. The molecule has 0 aliphatic heterocycles. The van der Waals surface area contributed by atoms with Crippen LogP contribution in [0.25, 0.3) is 6.08 Å². The van der Waals surface area contributed by atoms with Crippen LogP contribution in [0.1, 0.15) is 26.7 Å². The third kappa shape index (κ3) is 9.02. The molecule has 3 amide bonds. The summed E-state index contributed by atoms with van der Waals surface area (Å²) in [7, 11) is 0. The molecule has 0 radical (unpaired) electrons. The van der Waals surface area contributed by atoms with E-state index in [0.717, 1.165) is 10.5 Å². The summed E-state index contributed by atoms with van der Waals surface area (Å²) in [5.74, 6) is -1.27. The Morgan fingerprint density at radius 1 is 0.674 bits per heavy atom. The largest absolute Gasteiger partial charge is 0.323 e. The molecule has 6 nitrogen and oxygen atoms in total. The molecule has 3 N–H and O–H groups in total. The summed E-state index contributed by atoms with van der Waals surface area (Å²) in [6.07, 6.45) is 1.57. The van der Waals surface area contributed by atoms with Crippen LogP contribution in [0.3, 0.4) is 0 Å². The number of benzene rings is 5. The average molecular weight is 687 g/mol. The third-order valence-electron chi connectivity index (χ3n) is 6.58. The normalized spacial score (nSPS) is 11.8. The van der Waals surface area contributed by atoms with E-state index in [1.807, 2.05) is 36.4 Å². The molecule has 0 aliphatic carbocycles. The monoisotopic (exact) mass is 685 g/mol. The van der Waals surface area contributed by atoms with Gasteiger partial charge in [-0.25, -0.2) is 0 Å². The molecule has 0 bridgehead atoms. The predicted octanol–water partition coefficient (Wildman–Crippen LogP) is 9.53. The summed E-state index contributed by atoms with van der Waals surface area (Å²) < 4.78 is 0. The second kappa shape index (κ2) is 15.7. The molecule has 1 atom stereocenters. The van der Waals surface area contributed by atoms with Crippen LogP contribution >= 0.6 is 46.6 Å². The first-order valence-corrected chi connectivity index (χ1v) is 16.0. The van der Waals surface area contributed by atoms with E-state index in [-0.39, 0.29) is 11.6 Å². The number of carbonyl (C=O) groups excluding carboxylic acids is 3. The Kier molecular flexibility index (Phi) is 11.2. The molecule has 0 fully saturated rings. The van der Waals surface area contributed by atoms with Gasteiger partial charge in [-0.05, 0) is 77.9 Å². The van der Waals surface area contributed by atoms with Crippen molar-refractivity contribution in [3.63, 3.8) is 0 Å². The lowest BCUT2D eigenvalue weighted by atomic mass is 10.1. The van der Waals surface area contributed by atoms with E-state index in [1.165, 1.54) is 11.8 Å². The van der Waals surface area contributed by atoms with Crippen molar-refractivity contribution in [1.29, 1.82) is 0 Å². The van der Waals surface area contributed by atoms with E-state index in [9.17, 15) is 14.4 Å². The molecular formula is C36H26Cl3N3O3S. The fourth-order valence-corrected chi connectivity index (χ4v) is 5.89. The van der Waals surface area contributed by atoms with Crippen LogP contribution in [0, 0.1) is 0 Å². The fraction of sp³-hybridized carbons (Fsp3) is 0.0278. The number of nitrogens with one attached hydrogen (secondary N) is 3. The highest BCUT2D eigenvalue weighted by molar-refractivity contribution is 8.00. The fourth-order valence-electron chi connectivity index (χ4n) is 4.34. The van der Waals surface area contributed by atoms with Crippen molar-refractivity contribution in [2.24, 2.45) is 0 Å². The number of carbonyl (C=O) groups is 3. The van der Waals surface area contributed by atoms with Crippen LogP contribution < -0.4 is 16.0 Å². The van der Waals surface area contributed by atoms with Gasteiger partial charge in [-0.2, -0.15) is 0 Å². The lowest BCUT2D eigenvalue weighted by Gasteiger charge is -2.18. The Balaban J connectivity index is 1.38. The molecule has 0 aliphatic rings. The number of amides is 3. The summed E-state index contributed by atoms with van der Waals surface area (Å²) in [5.41, 5.74) is 2.75. The Labute approximate surface area is 285 Å². The van der Waals surface area contributed by atoms with Crippen LogP contribution in [0.4, 0.5) is 11.4 Å². The van der Waals surface area contributed by atoms with E-state index < -0.39 is 17.1 Å². The van der Waals surface area contributed by atoms with E-state index in [0.29, 0.717) is 37.6 Å².